The van der Waals surface area contributed by atoms with Crippen LogP contribution in [0.2, 0.25) is 0 Å². The molecule has 2 aromatic heterocycles. The average molecular weight is 726 g/mol. The molecule has 0 saturated carbocycles. The van der Waals surface area contributed by atoms with Crippen LogP contribution in [0.1, 0.15) is 48.6 Å². The van der Waals surface area contributed by atoms with E-state index < -0.39 is 19.2 Å². The van der Waals surface area contributed by atoms with Gasteiger partial charge in [0.2, 0.25) is 0 Å². The van der Waals surface area contributed by atoms with Crippen LogP contribution in [0, 0.1) is 13.8 Å². The molecule has 7 aromatic rings. The van der Waals surface area contributed by atoms with Crippen LogP contribution in [-0.2, 0) is 14.8 Å². The van der Waals surface area contributed by atoms with Gasteiger partial charge in [0.1, 0.15) is 0 Å². The second-order valence-electron chi connectivity index (χ2n) is 15.5. The number of benzene rings is 5. The van der Waals surface area contributed by atoms with E-state index >= 15 is 3.74 Å². The Morgan fingerprint density at radius 2 is 1.47 bits per heavy atom. The molecule has 6 heterocycles. The summed E-state index contributed by atoms with van der Waals surface area (Å²) in [4.78, 5) is 0. The first-order chi connectivity index (χ1) is 24.6. The number of hydrogen-bond acceptors (Lipinski definition) is 2. The molecule has 51 heavy (non-hydrogen) atoms. The van der Waals surface area contributed by atoms with Crippen LogP contribution in [0.25, 0.3) is 39.1 Å². The fourth-order valence-electron chi connectivity index (χ4n) is 9.52. The topological polar surface area (TPSA) is 39.0 Å². The molecule has 0 bridgehead atoms. The zero-order valence-electron chi connectivity index (χ0n) is 29.2. The number of pyridine rings is 1. The fraction of sp³-hybridized carbons (Fsp3) is 0.156. The Kier molecular flexibility index (Phi) is 5.46. The van der Waals surface area contributed by atoms with E-state index in [2.05, 4.69) is 170 Å². The van der Waals surface area contributed by atoms with Gasteiger partial charge in [0.05, 0.1) is 0 Å². The monoisotopic (exact) mass is 725 g/mol. The van der Waals surface area contributed by atoms with E-state index in [1.165, 1.54) is 33.4 Å². The Hall–Kier alpha value is -5.38. The van der Waals surface area contributed by atoms with Gasteiger partial charge in [0.15, 0.2) is 0 Å². The molecule has 4 aliphatic rings. The zero-order chi connectivity index (χ0) is 34.6. The summed E-state index contributed by atoms with van der Waals surface area (Å²) in [6, 6.07) is 38.7. The summed E-state index contributed by atoms with van der Waals surface area (Å²) in [6.07, 6.45) is 6.81. The van der Waals surface area contributed by atoms with Gasteiger partial charge in [-0.1, -0.05) is 18.2 Å². The van der Waals surface area contributed by atoms with Gasteiger partial charge >= 0.3 is 283 Å². The summed E-state index contributed by atoms with van der Waals surface area (Å²) in [5.41, 5.74) is 12.8. The fourth-order valence-corrected chi connectivity index (χ4v) is 16.9. The van der Waals surface area contributed by atoms with Gasteiger partial charge in [-0.3, -0.25) is 0 Å². The summed E-state index contributed by atoms with van der Waals surface area (Å²) in [7, 11) is 0. The van der Waals surface area contributed by atoms with E-state index in [0.29, 0.717) is 0 Å². The van der Waals surface area contributed by atoms with E-state index in [-0.39, 0.29) is 5.41 Å². The number of aromatic nitrogens is 3. The molecule has 6 heteroatoms. The van der Waals surface area contributed by atoms with Crippen LogP contribution in [0.3, 0.4) is 0 Å². The molecule has 0 saturated heterocycles. The summed E-state index contributed by atoms with van der Waals surface area (Å²) in [6.45, 7) is 11.2. The van der Waals surface area contributed by atoms with Crippen molar-refractivity contribution in [3.8, 4) is 50.6 Å². The van der Waals surface area contributed by atoms with E-state index in [0.717, 1.165) is 58.2 Å². The molecule has 5 nitrogen and oxygen atoms in total. The molecule has 5 aromatic carbocycles. The molecule has 0 amide bonds. The minimum atomic E-state index is -4.23. The maximum absolute atomic E-state index is 16.4. The molecule has 246 valence electrons. The summed E-state index contributed by atoms with van der Waals surface area (Å²) >= 11 is -4.23. The van der Waals surface area contributed by atoms with Crippen molar-refractivity contribution in [2.45, 2.75) is 45.7 Å². The molecule has 11 rings (SSSR count). The van der Waals surface area contributed by atoms with E-state index in [1.807, 2.05) is 6.07 Å². The molecule has 4 aliphatic heterocycles. The first kappa shape index (κ1) is 29.4. The van der Waals surface area contributed by atoms with Gasteiger partial charge in [0, 0.05) is 0 Å². The average Bonchev–Trinajstić information content (AvgIpc) is 3.76. The van der Waals surface area contributed by atoms with Crippen molar-refractivity contribution in [2.75, 3.05) is 0 Å². The van der Waals surface area contributed by atoms with Crippen molar-refractivity contribution in [2.24, 2.45) is 0 Å². The molecule has 2 atom stereocenters. The minimum absolute atomic E-state index is 0.123. The first-order valence-electron chi connectivity index (χ1n) is 17.7. The Bertz CT molecular complexity index is 2750. The molecule has 0 aliphatic carbocycles. The van der Waals surface area contributed by atoms with Crippen LogP contribution in [0.15, 0.2) is 128 Å². The molecule has 0 fully saturated rings. The summed E-state index contributed by atoms with van der Waals surface area (Å²) in [5.74, 6) is 1.60. The molecule has 2 unspecified atom stereocenters. The number of fused-ring (bicyclic) bond motifs is 7. The summed E-state index contributed by atoms with van der Waals surface area (Å²) in [5, 5.41) is 0. The maximum atomic E-state index is 16.4. The van der Waals surface area contributed by atoms with Gasteiger partial charge in [-0.05, 0) is 0 Å². The predicted octanol–water partition coefficient (Wildman–Crippen LogP) is 6.71. The van der Waals surface area contributed by atoms with Crippen LogP contribution in [0.5, 0.6) is 11.5 Å². The quantitative estimate of drug-likeness (QED) is 0.147. The van der Waals surface area contributed by atoms with Gasteiger partial charge in [-0.25, -0.2) is 0 Å². The number of ether oxygens (including phenoxy) is 1. The van der Waals surface area contributed by atoms with Crippen LogP contribution < -0.4 is 27.2 Å². The molecule has 1 spiro atoms. The van der Waals surface area contributed by atoms with Crippen LogP contribution in [-0.4, -0.2) is 18.2 Å². The molecule has 0 radical (unpaired) electrons. The van der Waals surface area contributed by atoms with E-state index in [9.17, 15) is 0 Å². The van der Waals surface area contributed by atoms with Crippen molar-refractivity contribution >= 4 is 26.7 Å². The van der Waals surface area contributed by atoms with Crippen LogP contribution in [0.4, 0.5) is 0 Å². The number of nitrogens with zero attached hydrogens (tertiary/aromatic N) is 3. The zero-order valence-corrected chi connectivity index (χ0v) is 31.1. The Labute approximate surface area is 299 Å². The number of rotatable bonds is 2. The molecule has 0 N–H and O–H groups in total. The normalized spacial score (nSPS) is 19.5. The SMILES string of the molecule is Cc1cc(-c2ccccc2)cc(C)c1-c1cn2[n+](c1)C13c4c(cccc4-2)Oc2ccc4c(c21)[As](=O)(c1ccccc1-4)c1cc(C(C)(C)C)cc[n+]13. The first-order valence-corrected chi connectivity index (χ1v) is 21.3. The Morgan fingerprint density at radius 1 is 0.725 bits per heavy atom. The van der Waals surface area contributed by atoms with Crippen molar-refractivity contribution < 1.29 is 17.7 Å². The Balaban J connectivity index is 1.26. The molecular weight excluding hydrogens is 689 g/mol. The van der Waals surface area contributed by atoms with Gasteiger partial charge < -0.3 is 0 Å². The Morgan fingerprint density at radius 3 is 2.25 bits per heavy atom. The third kappa shape index (κ3) is 3.43. The van der Waals surface area contributed by atoms with E-state index in [4.69, 9.17) is 4.74 Å². The molecular formula is C45H36AsN3O2+2. The van der Waals surface area contributed by atoms with Crippen molar-refractivity contribution in [1.29, 1.82) is 0 Å². The third-order valence-corrected chi connectivity index (χ3v) is 18.3. The van der Waals surface area contributed by atoms with Crippen molar-refractivity contribution in [1.82, 2.24) is 4.68 Å². The predicted molar refractivity (Wildman–Crippen MR) is 201 cm³/mol. The van der Waals surface area contributed by atoms with Crippen LogP contribution >= 0.6 is 0 Å². The summed E-state index contributed by atoms with van der Waals surface area (Å²) < 4.78 is 33.1. The van der Waals surface area contributed by atoms with Crippen molar-refractivity contribution in [3.63, 3.8) is 0 Å². The second kappa shape index (κ2) is 9.48. The van der Waals surface area contributed by atoms with Gasteiger partial charge in [0.25, 0.3) is 0 Å². The van der Waals surface area contributed by atoms with Gasteiger partial charge in [-0.2, -0.15) is 0 Å². The second-order valence-corrected chi connectivity index (χ2v) is 21.0. The van der Waals surface area contributed by atoms with Gasteiger partial charge in [-0.15, -0.1) is 0 Å². The number of aryl methyl sites for hydroxylation is 2. The number of hydrogen-bond donors (Lipinski definition) is 0. The van der Waals surface area contributed by atoms with E-state index in [1.54, 1.807) is 0 Å². The third-order valence-electron chi connectivity index (χ3n) is 11.6. The van der Waals surface area contributed by atoms with Crippen molar-refractivity contribution in [3.05, 3.63) is 156 Å². The standard InChI is InChI=1S/C45H36AsN3O2/c1-27-22-30(29-12-7-6-8-13-29)23-28(2)40(27)31-25-48-36-16-11-17-37-41(36)45(49(48)26-31)42-38(51-37)19-18-34-33-14-9-10-15-35(33)46(50,43(34)42)39-24-32(44(3,4)5)20-21-47(39)45/h6-26H,1-5H3/q+2.